The highest BCUT2D eigenvalue weighted by molar-refractivity contribution is 9.10. The minimum Gasteiger partial charge on any atom is -0.459 e. The third kappa shape index (κ3) is 4.04. The standard InChI is InChI=1S/C23H29BrN4O2/c1-13(2)18-10-5-14(3)11-19(18)30-22(29)20-15(4)27-23-25-12-26-28(23)21(20)16-6-8-17(24)9-7-16/h6-9,12-14,18-19,21H,5,10-11H2,1-4H3,(H,25,26,27)/t14-,18+,19-,21-/m1/s1. The number of halogens is 1. The van der Waals surface area contributed by atoms with Gasteiger partial charge < -0.3 is 10.1 Å². The van der Waals surface area contributed by atoms with E-state index in [1.807, 2.05) is 31.2 Å². The number of benzene rings is 1. The topological polar surface area (TPSA) is 69.0 Å². The van der Waals surface area contributed by atoms with Gasteiger partial charge in [-0.2, -0.15) is 10.1 Å². The quantitative estimate of drug-likeness (QED) is 0.608. The molecule has 6 nitrogen and oxygen atoms in total. The molecular formula is C23H29BrN4O2. The average molecular weight is 473 g/mol. The number of nitrogens with one attached hydrogen (secondary N) is 1. The maximum atomic E-state index is 13.5. The molecule has 2 heterocycles. The van der Waals surface area contributed by atoms with Gasteiger partial charge in [0.25, 0.3) is 0 Å². The second-order valence-corrected chi connectivity index (χ2v) is 9.83. The number of esters is 1. The molecule has 7 heteroatoms. The van der Waals surface area contributed by atoms with Gasteiger partial charge in [-0.1, -0.05) is 55.3 Å². The van der Waals surface area contributed by atoms with Crippen molar-refractivity contribution in [3.8, 4) is 0 Å². The second kappa shape index (κ2) is 8.53. The van der Waals surface area contributed by atoms with Crippen molar-refractivity contribution < 1.29 is 9.53 Å². The van der Waals surface area contributed by atoms with Gasteiger partial charge in [0.15, 0.2) is 0 Å². The zero-order valence-electron chi connectivity index (χ0n) is 17.9. The fourth-order valence-corrected chi connectivity index (χ4v) is 5.02. The Morgan fingerprint density at radius 1 is 1.27 bits per heavy atom. The van der Waals surface area contributed by atoms with E-state index in [1.165, 1.54) is 12.7 Å². The van der Waals surface area contributed by atoms with Crippen molar-refractivity contribution in [3.63, 3.8) is 0 Å². The first-order valence-electron chi connectivity index (χ1n) is 10.7. The Labute approximate surface area is 186 Å². The van der Waals surface area contributed by atoms with Crippen molar-refractivity contribution in [2.45, 2.75) is 59.1 Å². The van der Waals surface area contributed by atoms with Crippen LogP contribution in [0.1, 0.15) is 58.6 Å². The van der Waals surface area contributed by atoms with Crippen LogP contribution in [0.4, 0.5) is 5.95 Å². The van der Waals surface area contributed by atoms with Crippen molar-refractivity contribution in [2.24, 2.45) is 17.8 Å². The molecule has 30 heavy (non-hydrogen) atoms. The third-order valence-electron chi connectivity index (χ3n) is 6.42. The van der Waals surface area contributed by atoms with E-state index in [4.69, 9.17) is 4.74 Å². The van der Waals surface area contributed by atoms with E-state index in [0.29, 0.717) is 29.3 Å². The molecular weight excluding hydrogens is 444 g/mol. The summed E-state index contributed by atoms with van der Waals surface area (Å²) < 4.78 is 8.95. The first-order chi connectivity index (χ1) is 14.3. The van der Waals surface area contributed by atoms with Gasteiger partial charge in [0.1, 0.15) is 18.5 Å². The SMILES string of the molecule is CC1=C(C(=O)O[C@@H]2C[C@H](C)CC[C@H]2C(C)C)[C@@H](c2ccc(Br)cc2)n2ncnc2N1. The smallest absolute Gasteiger partial charge is 0.338 e. The Hall–Kier alpha value is -2.15. The molecule has 4 atom stereocenters. The van der Waals surface area contributed by atoms with E-state index >= 15 is 0 Å². The number of hydrogen-bond acceptors (Lipinski definition) is 5. The summed E-state index contributed by atoms with van der Waals surface area (Å²) in [5.74, 6) is 1.82. The number of aromatic nitrogens is 3. The average Bonchev–Trinajstić information content (AvgIpc) is 3.15. The molecule has 0 spiro atoms. The first-order valence-corrected chi connectivity index (χ1v) is 11.5. The number of carbonyl (C=O) groups excluding carboxylic acids is 1. The minimum atomic E-state index is -0.372. The lowest BCUT2D eigenvalue weighted by Gasteiger charge is -2.37. The lowest BCUT2D eigenvalue weighted by atomic mass is 9.75. The van der Waals surface area contributed by atoms with Gasteiger partial charge in [-0.25, -0.2) is 9.48 Å². The van der Waals surface area contributed by atoms with E-state index < -0.39 is 0 Å². The lowest BCUT2D eigenvalue weighted by Crippen LogP contribution is -2.38. The van der Waals surface area contributed by atoms with Crippen molar-refractivity contribution in [1.82, 2.24) is 14.8 Å². The number of carbonyl (C=O) groups is 1. The number of ether oxygens (including phenoxy) is 1. The maximum absolute atomic E-state index is 13.5. The molecule has 1 aromatic carbocycles. The van der Waals surface area contributed by atoms with E-state index in [2.05, 4.69) is 52.1 Å². The number of rotatable bonds is 4. The Morgan fingerprint density at radius 2 is 2.00 bits per heavy atom. The summed E-state index contributed by atoms with van der Waals surface area (Å²) in [7, 11) is 0. The molecule has 0 radical (unpaired) electrons. The van der Waals surface area contributed by atoms with Gasteiger partial charge in [-0.3, -0.25) is 0 Å². The summed E-state index contributed by atoms with van der Waals surface area (Å²) in [6.45, 7) is 8.60. The van der Waals surface area contributed by atoms with Crippen LogP contribution in [-0.4, -0.2) is 26.8 Å². The molecule has 1 N–H and O–H groups in total. The monoisotopic (exact) mass is 472 g/mol. The predicted octanol–water partition coefficient (Wildman–Crippen LogP) is 5.33. The number of anilines is 1. The molecule has 0 unspecified atom stereocenters. The summed E-state index contributed by atoms with van der Waals surface area (Å²) in [6.07, 6.45) is 4.68. The molecule has 1 aromatic heterocycles. The number of allylic oxidation sites excluding steroid dienone is 1. The van der Waals surface area contributed by atoms with Crippen molar-refractivity contribution >= 4 is 27.8 Å². The van der Waals surface area contributed by atoms with Crippen LogP contribution < -0.4 is 5.32 Å². The summed E-state index contributed by atoms with van der Waals surface area (Å²) in [4.78, 5) is 17.8. The molecule has 1 aliphatic carbocycles. The van der Waals surface area contributed by atoms with Gasteiger partial charge in [-0.15, -0.1) is 0 Å². The fourth-order valence-electron chi connectivity index (χ4n) is 4.76. The Bertz CT molecular complexity index is 950. The molecule has 4 rings (SSSR count). The zero-order valence-corrected chi connectivity index (χ0v) is 19.5. The Morgan fingerprint density at radius 3 is 2.70 bits per heavy atom. The van der Waals surface area contributed by atoms with Crippen LogP contribution in [0.25, 0.3) is 0 Å². The van der Waals surface area contributed by atoms with Crippen molar-refractivity contribution in [3.05, 3.63) is 51.9 Å². The van der Waals surface area contributed by atoms with Gasteiger partial charge >= 0.3 is 5.97 Å². The van der Waals surface area contributed by atoms with Gasteiger partial charge in [0.05, 0.1) is 5.57 Å². The van der Waals surface area contributed by atoms with Gasteiger partial charge in [0.2, 0.25) is 5.95 Å². The van der Waals surface area contributed by atoms with Gasteiger partial charge in [0, 0.05) is 10.2 Å². The third-order valence-corrected chi connectivity index (χ3v) is 6.95. The summed E-state index contributed by atoms with van der Waals surface area (Å²) in [5.41, 5.74) is 2.32. The zero-order chi connectivity index (χ0) is 21.4. The van der Waals surface area contributed by atoms with Crippen LogP contribution in [0.5, 0.6) is 0 Å². The lowest BCUT2D eigenvalue weighted by molar-refractivity contribution is -0.151. The fraction of sp³-hybridized carbons (Fsp3) is 0.522. The van der Waals surface area contributed by atoms with Crippen LogP contribution in [0.3, 0.4) is 0 Å². The molecule has 2 aromatic rings. The van der Waals surface area contributed by atoms with Gasteiger partial charge in [-0.05, 0) is 55.2 Å². The van der Waals surface area contributed by atoms with Crippen LogP contribution in [0.15, 0.2) is 46.3 Å². The number of hydrogen-bond donors (Lipinski definition) is 1. The summed E-state index contributed by atoms with van der Waals surface area (Å²) in [6, 6.07) is 7.59. The van der Waals surface area contributed by atoms with Crippen molar-refractivity contribution in [1.29, 1.82) is 0 Å². The summed E-state index contributed by atoms with van der Waals surface area (Å²) >= 11 is 3.49. The molecule has 0 bridgehead atoms. The molecule has 0 amide bonds. The highest BCUT2D eigenvalue weighted by atomic mass is 79.9. The molecule has 1 fully saturated rings. The maximum Gasteiger partial charge on any atom is 0.338 e. The van der Waals surface area contributed by atoms with Crippen LogP contribution in [0, 0.1) is 17.8 Å². The minimum absolute atomic E-state index is 0.0516. The Kier molecular flexibility index (Phi) is 6.00. The highest BCUT2D eigenvalue weighted by Gasteiger charge is 2.38. The second-order valence-electron chi connectivity index (χ2n) is 8.92. The van der Waals surface area contributed by atoms with Crippen LogP contribution in [-0.2, 0) is 9.53 Å². The largest absolute Gasteiger partial charge is 0.459 e. The molecule has 160 valence electrons. The molecule has 2 aliphatic rings. The molecule has 1 saturated carbocycles. The number of nitrogens with zero attached hydrogens (tertiary/aromatic N) is 3. The van der Waals surface area contributed by atoms with Crippen molar-refractivity contribution in [2.75, 3.05) is 5.32 Å². The molecule has 0 saturated heterocycles. The predicted molar refractivity (Wildman–Crippen MR) is 120 cm³/mol. The number of fused-ring (bicyclic) bond motifs is 1. The van der Waals surface area contributed by atoms with E-state index in [-0.39, 0.29) is 18.1 Å². The Balaban J connectivity index is 1.68. The van der Waals surface area contributed by atoms with E-state index in [1.54, 1.807) is 4.68 Å². The van der Waals surface area contributed by atoms with Crippen LogP contribution in [0.2, 0.25) is 0 Å². The van der Waals surface area contributed by atoms with Crippen LogP contribution >= 0.6 is 15.9 Å². The highest BCUT2D eigenvalue weighted by Crippen LogP contribution is 2.39. The van der Waals surface area contributed by atoms with E-state index in [0.717, 1.165) is 28.6 Å². The summed E-state index contributed by atoms with van der Waals surface area (Å²) in [5, 5.41) is 7.62. The normalized spacial score (nSPS) is 26.3. The van der Waals surface area contributed by atoms with E-state index in [9.17, 15) is 4.79 Å². The molecule has 1 aliphatic heterocycles. The first kappa shape index (κ1) is 21.1.